The molecule has 0 spiro atoms. The molecule has 0 aliphatic heterocycles. The van der Waals surface area contributed by atoms with Crippen molar-refractivity contribution >= 4 is 28.8 Å². The first kappa shape index (κ1) is 21.1. The summed E-state index contributed by atoms with van der Waals surface area (Å²) >= 11 is 0. The first-order valence-corrected chi connectivity index (χ1v) is 10.3. The third kappa shape index (κ3) is 4.92. The van der Waals surface area contributed by atoms with Crippen LogP contribution in [0.5, 0.6) is 0 Å². The van der Waals surface area contributed by atoms with Crippen molar-refractivity contribution < 1.29 is 14.0 Å². The van der Waals surface area contributed by atoms with Crippen LogP contribution in [0.25, 0.3) is 17.0 Å². The van der Waals surface area contributed by atoms with Gasteiger partial charge in [0.15, 0.2) is 0 Å². The van der Waals surface area contributed by atoms with E-state index in [4.69, 9.17) is 0 Å². The Morgan fingerprint density at radius 3 is 2.44 bits per heavy atom. The fraction of sp³-hybridized carbons (Fsp3) is 0.0769. The molecule has 0 aliphatic rings. The molecule has 4 aromatic rings. The number of benzene rings is 3. The summed E-state index contributed by atoms with van der Waals surface area (Å²) in [6.45, 7) is 0.228. The molecule has 32 heavy (non-hydrogen) atoms. The molecule has 0 saturated carbocycles. The van der Waals surface area contributed by atoms with E-state index in [1.807, 2.05) is 30.3 Å². The zero-order chi connectivity index (χ0) is 22.3. The summed E-state index contributed by atoms with van der Waals surface area (Å²) in [7, 11) is 0. The van der Waals surface area contributed by atoms with Gasteiger partial charge in [-0.15, -0.1) is 0 Å². The minimum Gasteiger partial charge on any atom is -0.361 e. The fourth-order valence-electron chi connectivity index (χ4n) is 3.42. The highest BCUT2D eigenvalue weighted by atomic mass is 19.1. The lowest BCUT2D eigenvalue weighted by Crippen LogP contribution is -2.35. The maximum Gasteiger partial charge on any atom is 0.267 e. The molecule has 1 heterocycles. The minimum absolute atomic E-state index is 0.108. The Balaban J connectivity index is 1.56. The van der Waals surface area contributed by atoms with E-state index in [0.717, 1.165) is 16.5 Å². The minimum atomic E-state index is -0.448. The smallest absolute Gasteiger partial charge is 0.267 e. The van der Waals surface area contributed by atoms with Gasteiger partial charge in [0.2, 0.25) is 0 Å². The summed E-state index contributed by atoms with van der Waals surface area (Å²) in [6.07, 6.45) is 3.76. The van der Waals surface area contributed by atoms with E-state index in [9.17, 15) is 14.0 Å². The summed E-state index contributed by atoms with van der Waals surface area (Å²) in [5.41, 5.74) is 2.76. The highest BCUT2D eigenvalue weighted by molar-refractivity contribution is 6.06. The Morgan fingerprint density at radius 1 is 0.906 bits per heavy atom. The van der Waals surface area contributed by atoms with Gasteiger partial charge in [-0.1, -0.05) is 54.6 Å². The molecule has 4 rings (SSSR count). The number of carbonyl (C=O) groups is 2. The molecule has 0 atom stereocenters. The largest absolute Gasteiger partial charge is 0.361 e. The van der Waals surface area contributed by atoms with Gasteiger partial charge < -0.3 is 15.6 Å². The second-order valence-electron chi connectivity index (χ2n) is 7.27. The van der Waals surface area contributed by atoms with Gasteiger partial charge in [-0.25, -0.2) is 4.39 Å². The van der Waals surface area contributed by atoms with Gasteiger partial charge in [-0.3, -0.25) is 9.59 Å². The lowest BCUT2D eigenvalue weighted by Gasteiger charge is -2.11. The SMILES string of the molecule is O=C(NCCc1ccccc1F)C(=Cc1c[nH]c2ccccc12)NC(=O)c1ccccc1. The molecule has 160 valence electrons. The van der Waals surface area contributed by atoms with Crippen molar-refractivity contribution in [3.05, 3.63) is 113 Å². The maximum absolute atomic E-state index is 13.8. The molecule has 1 aromatic heterocycles. The quantitative estimate of drug-likeness (QED) is 0.382. The zero-order valence-corrected chi connectivity index (χ0v) is 17.3. The van der Waals surface area contributed by atoms with Crippen LogP contribution in [0.2, 0.25) is 0 Å². The third-order valence-electron chi connectivity index (χ3n) is 5.09. The highest BCUT2D eigenvalue weighted by Gasteiger charge is 2.15. The summed E-state index contributed by atoms with van der Waals surface area (Å²) in [5, 5.41) is 6.42. The Labute approximate surface area is 185 Å². The van der Waals surface area contributed by atoms with Crippen molar-refractivity contribution in [1.82, 2.24) is 15.6 Å². The van der Waals surface area contributed by atoms with E-state index in [0.29, 0.717) is 17.5 Å². The standard InChI is InChI=1S/C26H22FN3O2/c27-22-12-6-4-8-18(22)14-15-28-26(32)24(30-25(31)19-9-2-1-3-10-19)16-20-17-29-23-13-7-5-11-21(20)23/h1-13,16-17,29H,14-15H2,(H,28,32)(H,30,31). The number of nitrogens with one attached hydrogen (secondary N) is 3. The number of fused-ring (bicyclic) bond motifs is 1. The van der Waals surface area contributed by atoms with Crippen LogP contribution in [0.1, 0.15) is 21.5 Å². The number of rotatable bonds is 7. The van der Waals surface area contributed by atoms with Crippen LogP contribution in [-0.4, -0.2) is 23.3 Å². The van der Waals surface area contributed by atoms with Gasteiger partial charge in [-0.2, -0.15) is 0 Å². The normalized spacial score (nSPS) is 11.3. The van der Waals surface area contributed by atoms with Gasteiger partial charge in [0.25, 0.3) is 11.8 Å². The van der Waals surface area contributed by atoms with Crippen LogP contribution in [0.3, 0.4) is 0 Å². The van der Waals surface area contributed by atoms with Crippen molar-refractivity contribution in [2.75, 3.05) is 6.54 Å². The zero-order valence-electron chi connectivity index (χ0n) is 17.3. The maximum atomic E-state index is 13.8. The van der Waals surface area contributed by atoms with Crippen molar-refractivity contribution in [2.45, 2.75) is 6.42 Å². The van der Waals surface area contributed by atoms with Gasteiger partial charge in [-0.05, 0) is 42.3 Å². The molecule has 0 bridgehead atoms. The van der Waals surface area contributed by atoms with Crippen molar-refractivity contribution in [3.8, 4) is 0 Å². The van der Waals surface area contributed by atoms with Gasteiger partial charge in [0.1, 0.15) is 11.5 Å². The van der Waals surface area contributed by atoms with Gasteiger partial charge >= 0.3 is 0 Å². The number of aromatic amines is 1. The number of aromatic nitrogens is 1. The van der Waals surface area contributed by atoms with Crippen LogP contribution in [0.15, 0.2) is 90.8 Å². The Morgan fingerprint density at radius 2 is 1.62 bits per heavy atom. The third-order valence-corrected chi connectivity index (χ3v) is 5.09. The lowest BCUT2D eigenvalue weighted by atomic mass is 10.1. The average Bonchev–Trinajstić information content (AvgIpc) is 3.23. The number of amides is 2. The molecule has 2 amide bonds. The van der Waals surface area contributed by atoms with E-state index in [2.05, 4.69) is 15.6 Å². The van der Waals surface area contributed by atoms with Gasteiger partial charge in [0.05, 0.1) is 0 Å². The van der Waals surface area contributed by atoms with Crippen LogP contribution in [0.4, 0.5) is 4.39 Å². The summed E-state index contributed by atoms with van der Waals surface area (Å²) in [4.78, 5) is 28.8. The molecule has 0 aliphatic carbocycles. The number of hydrogen-bond donors (Lipinski definition) is 3. The Kier molecular flexibility index (Phi) is 6.41. The summed E-state index contributed by atoms with van der Waals surface area (Å²) < 4.78 is 13.8. The van der Waals surface area contributed by atoms with Crippen LogP contribution in [-0.2, 0) is 11.2 Å². The first-order chi connectivity index (χ1) is 15.6. The van der Waals surface area contributed by atoms with Crippen LogP contribution in [0, 0.1) is 5.82 Å². The number of para-hydroxylation sites is 1. The Hall–Kier alpha value is -4.19. The van der Waals surface area contributed by atoms with Crippen LogP contribution < -0.4 is 10.6 Å². The number of H-pyrrole nitrogens is 1. The molecule has 0 saturated heterocycles. The Bertz CT molecular complexity index is 1280. The lowest BCUT2D eigenvalue weighted by molar-refractivity contribution is -0.117. The van der Waals surface area contributed by atoms with E-state index in [1.165, 1.54) is 6.07 Å². The predicted octanol–water partition coefficient (Wildman–Crippen LogP) is 4.44. The molecule has 3 aromatic carbocycles. The molecular formula is C26H22FN3O2. The van der Waals surface area contributed by atoms with Crippen LogP contribution >= 0.6 is 0 Å². The van der Waals surface area contributed by atoms with Crippen molar-refractivity contribution in [2.24, 2.45) is 0 Å². The second-order valence-corrected chi connectivity index (χ2v) is 7.27. The molecule has 0 unspecified atom stereocenters. The molecule has 5 nitrogen and oxygen atoms in total. The monoisotopic (exact) mass is 427 g/mol. The molecular weight excluding hydrogens is 405 g/mol. The summed E-state index contributed by atoms with van der Waals surface area (Å²) in [5.74, 6) is -1.15. The molecule has 6 heteroatoms. The molecule has 0 radical (unpaired) electrons. The highest BCUT2D eigenvalue weighted by Crippen LogP contribution is 2.20. The predicted molar refractivity (Wildman–Crippen MR) is 123 cm³/mol. The number of hydrogen-bond acceptors (Lipinski definition) is 2. The van der Waals surface area contributed by atoms with E-state index in [-0.39, 0.29) is 24.0 Å². The average molecular weight is 427 g/mol. The fourth-order valence-corrected chi connectivity index (χ4v) is 3.42. The van der Waals surface area contributed by atoms with E-state index in [1.54, 1.807) is 54.7 Å². The van der Waals surface area contributed by atoms with E-state index < -0.39 is 5.91 Å². The second kappa shape index (κ2) is 9.75. The molecule has 0 fully saturated rings. The number of halogens is 1. The number of carbonyl (C=O) groups excluding carboxylic acids is 2. The summed E-state index contributed by atoms with van der Waals surface area (Å²) in [6, 6.07) is 22.8. The van der Waals surface area contributed by atoms with Crippen molar-refractivity contribution in [3.63, 3.8) is 0 Å². The van der Waals surface area contributed by atoms with Crippen molar-refractivity contribution in [1.29, 1.82) is 0 Å². The topological polar surface area (TPSA) is 74.0 Å². The first-order valence-electron chi connectivity index (χ1n) is 10.3. The molecule has 3 N–H and O–H groups in total. The van der Waals surface area contributed by atoms with Gasteiger partial charge in [0, 0.05) is 34.8 Å². The van der Waals surface area contributed by atoms with E-state index >= 15 is 0 Å².